The van der Waals surface area contributed by atoms with E-state index in [9.17, 15) is 4.79 Å². The summed E-state index contributed by atoms with van der Waals surface area (Å²) < 4.78 is 0. The van der Waals surface area contributed by atoms with Gasteiger partial charge in [-0.15, -0.1) is 0 Å². The van der Waals surface area contributed by atoms with E-state index in [4.69, 9.17) is 5.26 Å². The van der Waals surface area contributed by atoms with Crippen LogP contribution in [-0.2, 0) is 4.79 Å². The van der Waals surface area contributed by atoms with Crippen LogP contribution in [0.25, 0.3) is 0 Å². The van der Waals surface area contributed by atoms with E-state index in [0.717, 1.165) is 32.7 Å². The van der Waals surface area contributed by atoms with Crippen molar-refractivity contribution in [1.29, 1.82) is 5.26 Å². The lowest BCUT2D eigenvalue weighted by molar-refractivity contribution is -0.118. The maximum Gasteiger partial charge on any atom is 0.263 e. The van der Waals surface area contributed by atoms with E-state index in [-0.39, 0.29) is 17.0 Å². The minimum atomic E-state index is -0.325. The van der Waals surface area contributed by atoms with Gasteiger partial charge in [-0.2, -0.15) is 5.26 Å². The van der Waals surface area contributed by atoms with Crippen molar-refractivity contribution in [2.24, 2.45) is 0 Å². The zero-order valence-electron chi connectivity index (χ0n) is 12.4. The van der Waals surface area contributed by atoms with Gasteiger partial charge in [0.2, 0.25) is 0 Å². The topological polar surface area (TPSA) is 59.4 Å². The third-order valence-corrected chi connectivity index (χ3v) is 3.02. The number of carbonyl (C=O) groups excluding carboxylic acids is 1. The van der Waals surface area contributed by atoms with E-state index in [0.29, 0.717) is 0 Å². The highest BCUT2D eigenvalue weighted by atomic mass is 16.1. The van der Waals surface area contributed by atoms with Crippen LogP contribution in [-0.4, -0.2) is 54.0 Å². The van der Waals surface area contributed by atoms with Crippen LogP contribution in [0, 0.1) is 11.3 Å². The first-order chi connectivity index (χ1) is 8.85. The number of likely N-dealkylation sites (N-methyl/N-ethyl adjacent to an activating group) is 1. The first-order valence-electron chi connectivity index (χ1n) is 6.76. The van der Waals surface area contributed by atoms with E-state index in [2.05, 4.69) is 17.1 Å². The van der Waals surface area contributed by atoms with Crippen LogP contribution in [0.3, 0.4) is 0 Å². The maximum atomic E-state index is 11.9. The molecular weight excluding hydrogens is 240 g/mol. The molecule has 1 fully saturated rings. The largest absolute Gasteiger partial charge is 0.374 e. The number of nitrogens with zero attached hydrogens (tertiary/aromatic N) is 3. The Morgan fingerprint density at radius 1 is 1.32 bits per heavy atom. The van der Waals surface area contributed by atoms with Crippen LogP contribution < -0.4 is 5.32 Å². The number of nitriles is 1. The fourth-order valence-corrected chi connectivity index (χ4v) is 1.94. The van der Waals surface area contributed by atoms with E-state index >= 15 is 0 Å². The average molecular weight is 264 g/mol. The molecule has 0 radical (unpaired) electrons. The van der Waals surface area contributed by atoms with Gasteiger partial charge in [0.1, 0.15) is 11.6 Å². The second-order valence-corrected chi connectivity index (χ2v) is 5.83. The Balaban J connectivity index is 2.63. The Kier molecular flexibility index (Phi) is 5.37. The first kappa shape index (κ1) is 15.5. The molecule has 0 spiro atoms. The van der Waals surface area contributed by atoms with Crippen molar-refractivity contribution in [3.05, 3.63) is 11.8 Å². The molecule has 1 saturated heterocycles. The van der Waals surface area contributed by atoms with Crippen molar-refractivity contribution >= 4 is 5.91 Å². The molecule has 1 rings (SSSR count). The summed E-state index contributed by atoms with van der Waals surface area (Å²) in [4.78, 5) is 16.3. The molecule has 0 aromatic rings. The van der Waals surface area contributed by atoms with Gasteiger partial charge in [-0.1, -0.05) is 6.92 Å². The highest BCUT2D eigenvalue weighted by molar-refractivity contribution is 5.97. The predicted molar refractivity (Wildman–Crippen MR) is 75.3 cm³/mol. The van der Waals surface area contributed by atoms with Crippen LogP contribution in [0.5, 0.6) is 0 Å². The zero-order valence-corrected chi connectivity index (χ0v) is 12.4. The fraction of sp³-hybridized carbons (Fsp3) is 0.714. The maximum absolute atomic E-state index is 11.9. The van der Waals surface area contributed by atoms with Crippen molar-refractivity contribution in [3.8, 4) is 6.07 Å². The quantitative estimate of drug-likeness (QED) is 0.609. The molecule has 106 valence electrons. The Morgan fingerprint density at radius 2 is 1.89 bits per heavy atom. The van der Waals surface area contributed by atoms with Crippen LogP contribution >= 0.6 is 0 Å². The lowest BCUT2D eigenvalue weighted by Gasteiger charge is -2.33. The van der Waals surface area contributed by atoms with Gasteiger partial charge in [0.15, 0.2) is 0 Å². The van der Waals surface area contributed by atoms with Crippen LogP contribution in [0.1, 0.15) is 27.7 Å². The average Bonchev–Trinajstić information content (AvgIpc) is 2.34. The minimum Gasteiger partial charge on any atom is -0.374 e. The summed E-state index contributed by atoms with van der Waals surface area (Å²) in [5, 5.41) is 11.9. The Hall–Kier alpha value is -1.54. The summed E-state index contributed by atoms with van der Waals surface area (Å²) in [6, 6.07) is 1.99. The third-order valence-electron chi connectivity index (χ3n) is 3.02. The zero-order chi connectivity index (χ0) is 14.5. The summed E-state index contributed by atoms with van der Waals surface area (Å²) in [5.74, 6) is -0.298. The van der Waals surface area contributed by atoms with E-state index < -0.39 is 0 Å². The summed E-state index contributed by atoms with van der Waals surface area (Å²) in [6.07, 6.45) is 1.69. The van der Waals surface area contributed by atoms with E-state index in [1.807, 2.05) is 31.7 Å². The van der Waals surface area contributed by atoms with Gasteiger partial charge in [-0.05, 0) is 27.3 Å². The van der Waals surface area contributed by atoms with Crippen molar-refractivity contribution in [3.63, 3.8) is 0 Å². The highest BCUT2D eigenvalue weighted by Crippen LogP contribution is 2.07. The molecule has 0 saturated carbocycles. The molecule has 19 heavy (non-hydrogen) atoms. The van der Waals surface area contributed by atoms with Crippen LogP contribution in [0.2, 0.25) is 0 Å². The molecule has 5 nitrogen and oxygen atoms in total. The molecule has 1 aliphatic heterocycles. The standard InChI is InChI=1S/C14H24N4O/c1-5-17-6-8-18(9-7-17)11-12(10-15)13(19)16-14(2,3)4/h11H,5-9H2,1-4H3,(H,16,19)/b12-11-. The summed E-state index contributed by atoms with van der Waals surface area (Å²) in [6.45, 7) is 12.6. The van der Waals surface area contributed by atoms with Gasteiger partial charge in [-0.3, -0.25) is 4.79 Å². The molecular formula is C14H24N4O. The van der Waals surface area contributed by atoms with Crippen molar-refractivity contribution in [2.45, 2.75) is 33.2 Å². The number of carbonyl (C=O) groups is 1. The molecule has 0 unspecified atom stereocenters. The Labute approximate surface area is 115 Å². The van der Waals surface area contributed by atoms with Crippen molar-refractivity contribution in [1.82, 2.24) is 15.1 Å². The molecule has 1 aliphatic rings. The lowest BCUT2D eigenvalue weighted by atomic mass is 10.1. The smallest absolute Gasteiger partial charge is 0.263 e. The van der Waals surface area contributed by atoms with Gasteiger partial charge >= 0.3 is 0 Å². The number of amides is 1. The van der Waals surface area contributed by atoms with Gasteiger partial charge in [0.25, 0.3) is 5.91 Å². The number of hydrogen-bond acceptors (Lipinski definition) is 4. The van der Waals surface area contributed by atoms with Gasteiger partial charge in [-0.25, -0.2) is 0 Å². The minimum absolute atomic E-state index is 0.180. The predicted octanol–water partition coefficient (Wildman–Crippen LogP) is 0.946. The van der Waals surface area contributed by atoms with Gasteiger partial charge in [0.05, 0.1) is 0 Å². The molecule has 5 heteroatoms. The van der Waals surface area contributed by atoms with Crippen molar-refractivity contribution in [2.75, 3.05) is 32.7 Å². The van der Waals surface area contributed by atoms with Gasteiger partial charge < -0.3 is 15.1 Å². The molecule has 0 bridgehead atoms. The third kappa shape index (κ3) is 5.31. The highest BCUT2D eigenvalue weighted by Gasteiger charge is 2.19. The number of hydrogen-bond donors (Lipinski definition) is 1. The summed E-state index contributed by atoms with van der Waals surface area (Å²) >= 11 is 0. The van der Waals surface area contributed by atoms with Crippen LogP contribution in [0.4, 0.5) is 0 Å². The fourth-order valence-electron chi connectivity index (χ4n) is 1.94. The van der Waals surface area contributed by atoms with E-state index in [1.165, 1.54) is 0 Å². The second-order valence-electron chi connectivity index (χ2n) is 5.83. The number of piperazine rings is 1. The van der Waals surface area contributed by atoms with Crippen molar-refractivity contribution < 1.29 is 4.79 Å². The lowest BCUT2D eigenvalue weighted by Crippen LogP contribution is -2.45. The Bertz CT molecular complexity index is 381. The normalized spacial score (nSPS) is 18.1. The SMILES string of the molecule is CCN1CCN(/C=C(/C#N)C(=O)NC(C)(C)C)CC1. The molecule has 0 aliphatic carbocycles. The summed E-state index contributed by atoms with van der Waals surface area (Å²) in [7, 11) is 0. The monoisotopic (exact) mass is 264 g/mol. The Morgan fingerprint density at radius 3 is 2.32 bits per heavy atom. The molecule has 1 N–H and O–H groups in total. The first-order valence-corrected chi connectivity index (χ1v) is 6.76. The second kappa shape index (κ2) is 6.58. The molecule has 1 amide bonds. The van der Waals surface area contributed by atoms with Gasteiger partial charge in [0, 0.05) is 37.9 Å². The molecule has 1 heterocycles. The number of rotatable bonds is 3. The van der Waals surface area contributed by atoms with E-state index in [1.54, 1.807) is 6.20 Å². The number of nitrogens with one attached hydrogen (secondary N) is 1. The summed E-state index contributed by atoms with van der Waals surface area (Å²) in [5.41, 5.74) is -0.145. The molecule has 0 aromatic heterocycles. The molecule has 0 aromatic carbocycles. The molecule has 0 atom stereocenters. The van der Waals surface area contributed by atoms with Crippen LogP contribution in [0.15, 0.2) is 11.8 Å².